The van der Waals surface area contributed by atoms with Crippen LogP contribution in [0.1, 0.15) is 25.4 Å². The molecule has 0 saturated heterocycles. The van der Waals surface area contributed by atoms with Crippen molar-refractivity contribution < 1.29 is 13.6 Å². The molecule has 9 heteroatoms. The van der Waals surface area contributed by atoms with E-state index in [9.17, 15) is 9.18 Å². The molecule has 0 aliphatic heterocycles. The van der Waals surface area contributed by atoms with Crippen molar-refractivity contribution in [3.63, 3.8) is 0 Å². The molecule has 6 nitrogen and oxygen atoms in total. The van der Waals surface area contributed by atoms with Crippen LogP contribution in [0.3, 0.4) is 0 Å². The van der Waals surface area contributed by atoms with Gasteiger partial charge in [-0.25, -0.2) is 9.37 Å². The van der Waals surface area contributed by atoms with Crippen molar-refractivity contribution in [2.24, 2.45) is 0 Å². The first-order chi connectivity index (χ1) is 15.4. The smallest absolute Gasteiger partial charge is 0.249 e. The summed E-state index contributed by atoms with van der Waals surface area (Å²) in [6.45, 7) is 4.01. The minimum Gasteiger partial charge on any atom is -0.419 e. The van der Waals surface area contributed by atoms with E-state index in [0.29, 0.717) is 38.6 Å². The Labute approximate surface area is 193 Å². The molecular formula is C23H20ClFN4O2S. The molecule has 1 amide bonds. The molecular weight excluding hydrogens is 451 g/mol. The van der Waals surface area contributed by atoms with Crippen molar-refractivity contribution in [2.75, 3.05) is 0 Å². The van der Waals surface area contributed by atoms with E-state index in [-0.39, 0.29) is 30.7 Å². The van der Waals surface area contributed by atoms with E-state index in [1.165, 1.54) is 23.5 Å². The van der Waals surface area contributed by atoms with E-state index < -0.39 is 0 Å². The number of amides is 1. The fraction of sp³-hybridized carbons (Fsp3) is 0.217. The van der Waals surface area contributed by atoms with Gasteiger partial charge >= 0.3 is 0 Å². The van der Waals surface area contributed by atoms with Gasteiger partial charge in [0.2, 0.25) is 17.7 Å². The van der Waals surface area contributed by atoms with Gasteiger partial charge in [0.15, 0.2) is 0 Å². The van der Waals surface area contributed by atoms with E-state index in [2.05, 4.69) is 15.2 Å². The van der Waals surface area contributed by atoms with Crippen LogP contribution < -0.4 is 0 Å². The Morgan fingerprint density at radius 3 is 2.75 bits per heavy atom. The van der Waals surface area contributed by atoms with E-state index in [4.69, 9.17) is 16.0 Å². The molecule has 32 heavy (non-hydrogen) atoms. The predicted octanol–water partition coefficient (Wildman–Crippen LogP) is 5.63. The lowest BCUT2D eigenvalue weighted by atomic mass is 10.2. The Morgan fingerprint density at radius 1 is 1.19 bits per heavy atom. The molecule has 0 aliphatic rings. The third-order valence-electron chi connectivity index (χ3n) is 4.78. The Bertz CT molecular complexity index is 1240. The maximum Gasteiger partial charge on any atom is 0.249 e. The normalized spacial score (nSPS) is 11.2. The number of nitrogens with zero attached hydrogens (tertiary/aromatic N) is 4. The largest absolute Gasteiger partial charge is 0.419 e. The van der Waals surface area contributed by atoms with Crippen LogP contribution >= 0.6 is 22.9 Å². The molecule has 2 heterocycles. The molecule has 4 aromatic rings. The Balaban J connectivity index is 1.47. The van der Waals surface area contributed by atoms with Crippen molar-refractivity contribution in [3.8, 4) is 22.0 Å². The lowest BCUT2D eigenvalue weighted by Gasteiger charge is -2.24. The summed E-state index contributed by atoms with van der Waals surface area (Å²) in [5.41, 5.74) is 1.96. The van der Waals surface area contributed by atoms with Crippen molar-refractivity contribution in [1.82, 2.24) is 20.1 Å². The summed E-state index contributed by atoms with van der Waals surface area (Å²) in [7, 11) is 0. The van der Waals surface area contributed by atoms with Crippen molar-refractivity contribution in [2.45, 2.75) is 32.9 Å². The van der Waals surface area contributed by atoms with Crippen molar-refractivity contribution >= 4 is 28.8 Å². The van der Waals surface area contributed by atoms with Gasteiger partial charge in [-0.3, -0.25) is 4.79 Å². The first-order valence-electron chi connectivity index (χ1n) is 9.98. The number of hydrogen-bond donors (Lipinski definition) is 0. The summed E-state index contributed by atoms with van der Waals surface area (Å²) < 4.78 is 19.2. The zero-order chi connectivity index (χ0) is 22.7. The van der Waals surface area contributed by atoms with Gasteiger partial charge < -0.3 is 9.32 Å². The zero-order valence-corrected chi connectivity index (χ0v) is 19.0. The van der Waals surface area contributed by atoms with Gasteiger partial charge in [-0.1, -0.05) is 35.9 Å². The minimum atomic E-state index is -0.322. The number of halogens is 2. The van der Waals surface area contributed by atoms with Gasteiger partial charge in [0.25, 0.3) is 0 Å². The van der Waals surface area contributed by atoms with E-state index in [1.807, 2.05) is 31.4 Å². The fourth-order valence-electron chi connectivity index (χ4n) is 3.16. The summed E-state index contributed by atoms with van der Waals surface area (Å²) >= 11 is 7.58. The Kier molecular flexibility index (Phi) is 6.62. The quantitative estimate of drug-likeness (QED) is 0.350. The second-order valence-electron chi connectivity index (χ2n) is 7.43. The lowest BCUT2D eigenvalue weighted by molar-refractivity contribution is -0.133. The molecule has 0 spiro atoms. The first-order valence-corrected chi connectivity index (χ1v) is 11.2. The molecule has 0 aliphatic carbocycles. The third-order valence-corrected chi connectivity index (χ3v) is 6.05. The molecule has 4 rings (SSSR count). The molecule has 0 saturated carbocycles. The summed E-state index contributed by atoms with van der Waals surface area (Å²) in [4.78, 5) is 19.2. The van der Waals surface area contributed by atoms with Crippen LogP contribution in [0.4, 0.5) is 4.39 Å². The number of benzene rings is 2. The van der Waals surface area contributed by atoms with Crippen LogP contribution in [0.2, 0.25) is 5.02 Å². The molecule has 0 atom stereocenters. The van der Waals surface area contributed by atoms with Crippen LogP contribution in [0.15, 0.2) is 58.3 Å². The van der Waals surface area contributed by atoms with Crippen LogP contribution in [-0.4, -0.2) is 32.0 Å². The molecule has 0 fully saturated rings. The zero-order valence-electron chi connectivity index (χ0n) is 17.5. The lowest BCUT2D eigenvalue weighted by Crippen LogP contribution is -2.37. The summed E-state index contributed by atoms with van der Waals surface area (Å²) in [5.74, 6) is 0.187. The summed E-state index contributed by atoms with van der Waals surface area (Å²) in [6.07, 6.45) is 0.121. The second-order valence-corrected chi connectivity index (χ2v) is 8.69. The molecule has 164 valence electrons. The van der Waals surface area contributed by atoms with Gasteiger partial charge in [-0.05, 0) is 38.1 Å². The van der Waals surface area contributed by atoms with Gasteiger partial charge in [-0.2, -0.15) is 0 Å². The minimum absolute atomic E-state index is 0.0838. The highest BCUT2D eigenvalue weighted by Crippen LogP contribution is 2.27. The van der Waals surface area contributed by atoms with Crippen LogP contribution in [0, 0.1) is 5.82 Å². The van der Waals surface area contributed by atoms with Gasteiger partial charge in [0, 0.05) is 17.0 Å². The van der Waals surface area contributed by atoms with Crippen molar-refractivity contribution in [3.05, 3.63) is 76.3 Å². The van der Waals surface area contributed by atoms with E-state index in [1.54, 1.807) is 29.2 Å². The molecule has 2 aromatic carbocycles. The van der Waals surface area contributed by atoms with E-state index >= 15 is 0 Å². The molecule has 0 bridgehead atoms. The highest BCUT2D eigenvalue weighted by atomic mass is 35.5. The van der Waals surface area contributed by atoms with E-state index in [0.717, 1.165) is 0 Å². The SMILES string of the molecule is CC(C)N(Cc1nnc(-c2ccccc2Cl)o1)C(=O)Cc1csc(-c2cccc(F)c2)n1. The average Bonchev–Trinajstić information content (AvgIpc) is 3.42. The standard InChI is InChI=1S/C23H20ClFN4O2S/c1-14(2)29(12-20-27-28-22(31-20)18-8-3-4-9-19(18)24)21(30)11-17-13-32-23(26-17)15-6-5-7-16(25)10-15/h3-10,13-14H,11-12H2,1-2H3. The van der Waals surface area contributed by atoms with Crippen LogP contribution in [-0.2, 0) is 17.8 Å². The summed E-state index contributed by atoms with van der Waals surface area (Å²) in [5, 5.41) is 11.1. The number of hydrogen-bond acceptors (Lipinski definition) is 6. The van der Waals surface area contributed by atoms with Gasteiger partial charge in [-0.15, -0.1) is 21.5 Å². The first kappa shape index (κ1) is 22.1. The Morgan fingerprint density at radius 2 is 2.00 bits per heavy atom. The number of thiazole rings is 1. The highest BCUT2D eigenvalue weighted by molar-refractivity contribution is 7.13. The summed E-state index contributed by atoms with van der Waals surface area (Å²) in [6, 6.07) is 13.4. The monoisotopic (exact) mass is 470 g/mol. The van der Waals surface area contributed by atoms with Crippen molar-refractivity contribution in [1.29, 1.82) is 0 Å². The number of rotatable bonds is 7. The van der Waals surface area contributed by atoms with Crippen LogP contribution in [0.5, 0.6) is 0 Å². The molecule has 0 N–H and O–H groups in total. The van der Waals surface area contributed by atoms with Gasteiger partial charge in [0.05, 0.1) is 29.2 Å². The number of carbonyl (C=O) groups is 1. The predicted molar refractivity (Wildman–Crippen MR) is 122 cm³/mol. The molecule has 0 unspecified atom stereocenters. The second kappa shape index (κ2) is 9.58. The topological polar surface area (TPSA) is 72.1 Å². The number of aromatic nitrogens is 3. The van der Waals surface area contributed by atoms with Gasteiger partial charge in [0.1, 0.15) is 10.8 Å². The maximum atomic E-state index is 13.5. The number of carbonyl (C=O) groups excluding carboxylic acids is 1. The third kappa shape index (κ3) is 5.03. The van der Waals surface area contributed by atoms with Crippen LogP contribution in [0.25, 0.3) is 22.0 Å². The average molecular weight is 471 g/mol. The maximum absolute atomic E-state index is 13.5. The highest BCUT2D eigenvalue weighted by Gasteiger charge is 2.22. The molecule has 2 aromatic heterocycles. The molecule has 0 radical (unpaired) electrons. The fourth-order valence-corrected chi connectivity index (χ4v) is 4.20. The Hall–Kier alpha value is -3.10.